The molecule has 0 fully saturated rings. The molecular weight excluding hydrogens is 222 g/mol. The van der Waals surface area contributed by atoms with Crippen molar-refractivity contribution in [3.8, 4) is 0 Å². The van der Waals surface area contributed by atoms with Crippen LogP contribution in [0.1, 0.15) is 51.6 Å². The van der Waals surface area contributed by atoms with Crippen molar-refractivity contribution >= 4 is 0 Å². The topological polar surface area (TPSA) is 32.3 Å². The van der Waals surface area contributed by atoms with Gasteiger partial charge in [0.2, 0.25) is 0 Å². The molecule has 1 aromatic carbocycles. The monoisotopic (exact) mass is 249 g/mol. The molecule has 2 heteroatoms. The van der Waals surface area contributed by atoms with Crippen molar-refractivity contribution in [1.82, 2.24) is 5.32 Å². The van der Waals surface area contributed by atoms with Gasteiger partial charge < -0.3 is 10.4 Å². The maximum Gasteiger partial charge on any atom is 0.0692 e. The predicted molar refractivity (Wildman–Crippen MR) is 77.6 cm³/mol. The van der Waals surface area contributed by atoms with E-state index in [-0.39, 0.29) is 6.10 Å². The summed E-state index contributed by atoms with van der Waals surface area (Å²) >= 11 is 0. The summed E-state index contributed by atoms with van der Waals surface area (Å²) < 4.78 is 0. The number of nitrogens with one attached hydrogen (secondary N) is 1. The van der Waals surface area contributed by atoms with E-state index in [0.717, 1.165) is 19.3 Å². The van der Waals surface area contributed by atoms with Crippen molar-refractivity contribution in [1.29, 1.82) is 0 Å². The zero-order valence-electron chi connectivity index (χ0n) is 11.9. The number of rotatable bonds is 8. The van der Waals surface area contributed by atoms with Crippen molar-refractivity contribution in [2.24, 2.45) is 5.92 Å². The van der Waals surface area contributed by atoms with Crippen molar-refractivity contribution in [3.05, 3.63) is 35.9 Å². The van der Waals surface area contributed by atoms with Gasteiger partial charge in [-0.1, -0.05) is 63.9 Å². The summed E-state index contributed by atoms with van der Waals surface area (Å²) in [6.07, 6.45) is 2.89. The highest BCUT2D eigenvalue weighted by atomic mass is 16.3. The molecule has 0 bridgehead atoms. The molecule has 1 aromatic rings. The van der Waals surface area contributed by atoms with Gasteiger partial charge in [0, 0.05) is 12.6 Å². The molecule has 0 spiro atoms. The first-order valence-corrected chi connectivity index (χ1v) is 7.19. The summed E-state index contributed by atoms with van der Waals surface area (Å²) in [4.78, 5) is 0. The van der Waals surface area contributed by atoms with Crippen LogP contribution in [0.5, 0.6) is 0 Å². The highest BCUT2D eigenvalue weighted by Gasteiger charge is 2.17. The molecule has 102 valence electrons. The first-order chi connectivity index (χ1) is 8.72. The molecule has 0 aliphatic rings. The van der Waals surface area contributed by atoms with Gasteiger partial charge in [-0.2, -0.15) is 0 Å². The fourth-order valence-electron chi connectivity index (χ4n) is 2.45. The van der Waals surface area contributed by atoms with Crippen LogP contribution in [0.25, 0.3) is 0 Å². The van der Waals surface area contributed by atoms with Gasteiger partial charge in [0.05, 0.1) is 6.10 Å². The van der Waals surface area contributed by atoms with Crippen molar-refractivity contribution in [2.45, 2.75) is 52.2 Å². The van der Waals surface area contributed by atoms with Crippen LogP contribution in [0.4, 0.5) is 0 Å². The lowest BCUT2D eigenvalue weighted by molar-refractivity contribution is 0.0981. The molecule has 2 N–H and O–H groups in total. The lowest BCUT2D eigenvalue weighted by Crippen LogP contribution is -2.34. The lowest BCUT2D eigenvalue weighted by Gasteiger charge is -2.24. The maximum absolute atomic E-state index is 10.1. The van der Waals surface area contributed by atoms with E-state index < -0.39 is 0 Å². The minimum atomic E-state index is -0.238. The molecule has 0 saturated heterocycles. The summed E-state index contributed by atoms with van der Waals surface area (Å²) in [5.41, 5.74) is 1.30. The summed E-state index contributed by atoms with van der Waals surface area (Å²) in [6, 6.07) is 10.8. The number of hydrogen-bond donors (Lipinski definition) is 2. The van der Waals surface area contributed by atoms with E-state index in [1.165, 1.54) is 5.56 Å². The fourth-order valence-corrected chi connectivity index (χ4v) is 2.45. The second kappa shape index (κ2) is 8.28. The maximum atomic E-state index is 10.1. The van der Waals surface area contributed by atoms with Crippen LogP contribution >= 0.6 is 0 Å². The van der Waals surface area contributed by atoms with Crippen LogP contribution in [-0.4, -0.2) is 17.8 Å². The van der Waals surface area contributed by atoms with Gasteiger partial charge in [0.15, 0.2) is 0 Å². The second-order valence-electron chi connectivity index (χ2n) is 4.92. The van der Waals surface area contributed by atoms with Crippen LogP contribution in [0, 0.1) is 5.92 Å². The first-order valence-electron chi connectivity index (χ1n) is 7.19. The van der Waals surface area contributed by atoms with E-state index in [2.05, 4.69) is 50.4 Å². The Morgan fingerprint density at radius 3 is 2.11 bits per heavy atom. The molecule has 0 aliphatic carbocycles. The zero-order valence-corrected chi connectivity index (χ0v) is 11.9. The Bertz CT molecular complexity index is 308. The molecule has 0 aromatic heterocycles. The number of aliphatic hydroxyl groups is 1. The summed E-state index contributed by atoms with van der Waals surface area (Å²) in [5.74, 6) is 0.408. The highest BCUT2D eigenvalue weighted by Crippen LogP contribution is 2.17. The van der Waals surface area contributed by atoms with Gasteiger partial charge in [-0.05, 0) is 17.9 Å². The molecule has 0 amide bonds. The van der Waals surface area contributed by atoms with E-state index >= 15 is 0 Å². The molecule has 0 aliphatic heterocycles. The Hall–Kier alpha value is -0.860. The Morgan fingerprint density at radius 2 is 1.61 bits per heavy atom. The third-order valence-electron chi connectivity index (χ3n) is 3.78. The van der Waals surface area contributed by atoms with Crippen molar-refractivity contribution in [3.63, 3.8) is 0 Å². The Morgan fingerprint density at radius 1 is 1.00 bits per heavy atom. The average Bonchev–Trinajstić information content (AvgIpc) is 2.42. The molecule has 2 unspecified atom stereocenters. The van der Waals surface area contributed by atoms with Crippen LogP contribution in [0.2, 0.25) is 0 Å². The van der Waals surface area contributed by atoms with Gasteiger partial charge in [-0.15, -0.1) is 0 Å². The lowest BCUT2D eigenvalue weighted by atomic mass is 9.96. The first kappa shape index (κ1) is 15.2. The predicted octanol–water partition coefficient (Wildman–Crippen LogP) is 3.52. The largest absolute Gasteiger partial charge is 0.392 e. The normalized spacial score (nSPS) is 14.7. The van der Waals surface area contributed by atoms with Gasteiger partial charge in [-0.3, -0.25) is 0 Å². The minimum Gasteiger partial charge on any atom is -0.392 e. The Labute approximate surface area is 111 Å². The smallest absolute Gasteiger partial charge is 0.0692 e. The zero-order chi connectivity index (χ0) is 13.4. The van der Waals surface area contributed by atoms with Gasteiger partial charge in [0.1, 0.15) is 0 Å². The van der Waals surface area contributed by atoms with E-state index in [4.69, 9.17) is 0 Å². The van der Waals surface area contributed by atoms with Crippen LogP contribution in [0.15, 0.2) is 30.3 Å². The molecule has 0 heterocycles. The van der Waals surface area contributed by atoms with Crippen LogP contribution < -0.4 is 5.32 Å². The molecule has 2 nitrogen and oxygen atoms in total. The van der Waals surface area contributed by atoms with E-state index in [1.807, 2.05) is 6.07 Å². The second-order valence-corrected chi connectivity index (χ2v) is 4.92. The van der Waals surface area contributed by atoms with Gasteiger partial charge >= 0.3 is 0 Å². The number of aliphatic hydroxyl groups excluding tert-OH is 1. The standard InChI is InChI=1S/C16H27NO/c1-4-13(5-2)16(18)12-17-15(6-3)14-10-8-7-9-11-14/h7-11,13,15-18H,4-6,12H2,1-3H3. The van der Waals surface area contributed by atoms with Crippen LogP contribution in [-0.2, 0) is 0 Å². The fraction of sp³-hybridized carbons (Fsp3) is 0.625. The van der Waals surface area contributed by atoms with Crippen molar-refractivity contribution < 1.29 is 5.11 Å². The summed E-state index contributed by atoms with van der Waals surface area (Å²) in [5, 5.41) is 13.6. The van der Waals surface area contributed by atoms with E-state index in [0.29, 0.717) is 18.5 Å². The molecule has 0 saturated carbocycles. The van der Waals surface area contributed by atoms with Crippen molar-refractivity contribution in [2.75, 3.05) is 6.54 Å². The average molecular weight is 249 g/mol. The number of hydrogen-bond acceptors (Lipinski definition) is 2. The summed E-state index contributed by atoms with van der Waals surface area (Å²) in [6.45, 7) is 7.14. The quantitative estimate of drug-likeness (QED) is 0.739. The van der Waals surface area contributed by atoms with Gasteiger partial charge in [0.25, 0.3) is 0 Å². The minimum absolute atomic E-state index is 0.238. The molecule has 0 radical (unpaired) electrons. The molecule has 1 rings (SSSR count). The molecule has 2 atom stereocenters. The van der Waals surface area contributed by atoms with Crippen LogP contribution in [0.3, 0.4) is 0 Å². The Balaban J connectivity index is 2.50. The van der Waals surface area contributed by atoms with E-state index in [9.17, 15) is 5.11 Å². The highest BCUT2D eigenvalue weighted by molar-refractivity contribution is 5.18. The van der Waals surface area contributed by atoms with Gasteiger partial charge in [-0.25, -0.2) is 0 Å². The molecular formula is C16H27NO. The number of benzene rings is 1. The summed E-state index contributed by atoms with van der Waals surface area (Å²) in [7, 11) is 0. The molecule has 18 heavy (non-hydrogen) atoms. The Kier molecular flexibility index (Phi) is 6.99. The third-order valence-corrected chi connectivity index (χ3v) is 3.78. The third kappa shape index (κ3) is 4.43. The van der Waals surface area contributed by atoms with E-state index in [1.54, 1.807) is 0 Å². The SMILES string of the molecule is CCC(NCC(O)C(CC)CC)c1ccccc1.